The number of hydrogen-bond acceptors (Lipinski definition) is 11. The molecule has 1 saturated carbocycles. The van der Waals surface area contributed by atoms with Gasteiger partial charge in [-0.3, -0.25) is 19.3 Å². The molecule has 3 atom stereocenters. The van der Waals surface area contributed by atoms with E-state index in [1.54, 1.807) is 16.4 Å². The predicted octanol–water partition coefficient (Wildman–Crippen LogP) is 4.70. The van der Waals surface area contributed by atoms with Crippen LogP contribution in [0.5, 0.6) is 5.75 Å². The third-order valence-corrected chi connectivity index (χ3v) is 13.8. The topological polar surface area (TPSA) is 163 Å². The fraction of sp³-hybridized carbons (Fsp3) is 0.452. The molecule has 19 heteroatoms. The van der Waals surface area contributed by atoms with Gasteiger partial charge in [0.1, 0.15) is 12.9 Å². The van der Waals surface area contributed by atoms with E-state index in [0.29, 0.717) is 54.7 Å². The maximum atomic E-state index is 14.8. The summed E-state index contributed by atoms with van der Waals surface area (Å²) in [6.07, 6.45) is -1.25. The lowest BCUT2D eigenvalue weighted by Crippen LogP contribution is -2.64. The zero-order valence-corrected chi connectivity index (χ0v) is 34.1. The Morgan fingerprint density at radius 1 is 1.03 bits per heavy atom. The Hall–Kier alpha value is -5.59. The number of aryl methyl sites for hydroxylation is 1. The number of aromatic nitrogens is 6. The highest BCUT2D eigenvalue weighted by atomic mass is 35.5. The minimum atomic E-state index is -4.62. The first kappa shape index (κ1) is 39.5. The number of carbonyl (C=O) groups is 2. The number of halogens is 4. The third kappa shape index (κ3) is 6.52. The molecule has 4 fully saturated rings. The zero-order valence-electron chi connectivity index (χ0n) is 33.4. The Bertz CT molecular complexity index is 2680. The van der Waals surface area contributed by atoms with Crippen LogP contribution in [0, 0.1) is 12.8 Å². The number of carbonyl (C=O) groups excluding carboxylic acids is 2. The van der Waals surface area contributed by atoms with E-state index in [1.807, 2.05) is 24.3 Å². The van der Waals surface area contributed by atoms with Crippen LogP contribution in [0.25, 0.3) is 17.2 Å². The van der Waals surface area contributed by atoms with Gasteiger partial charge >= 0.3 is 6.18 Å². The van der Waals surface area contributed by atoms with Crippen molar-refractivity contribution in [2.24, 2.45) is 5.92 Å². The van der Waals surface area contributed by atoms with Crippen LogP contribution in [0.15, 0.2) is 53.6 Å². The normalized spacial score (nSPS) is 23.2. The molecule has 6 heterocycles. The average Bonchev–Trinajstić information content (AvgIpc) is 3.78. The fourth-order valence-electron chi connectivity index (χ4n) is 10.1. The fourth-order valence-corrected chi connectivity index (χ4v) is 10.3. The van der Waals surface area contributed by atoms with Gasteiger partial charge in [-0.2, -0.15) is 22.7 Å². The molecular formula is C42H42ClF3N10O5. The quantitative estimate of drug-likeness (QED) is 0.233. The number of fused-ring (bicyclic) bond motifs is 5. The highest BCUT2D eigenvalue weighted by molar-refractivity contribution is 6.33. The lowest BCUT2D eigenvalue weighted by atomic mass is 9.73. The first-order valence-electron chi connectivity index (χ1n) is 20.3. The smallest absolute Gasteiger partial charge is 0.416 e. The standard InChI is InChI=1S/C42H42ClF3N10O5/c1-23-35(58)34(48-22-47-23)38(60)54-12-11-41(27-18-31(27)54)10-9-30-33(41)37(59)56-39(55(30)19-32(57)49-29-8-5-25(17-28(29)43)42(44,45)46)50-36(51-56)24-3-6-26(7-4-24)52-13-15-53(16-14-52)40(2)20-61-21-40/h3-8,17,22,27,31,58H,9-16,18-21H2,1-2H3,(H,49,57)/t27-,31+,41+/m1/s1. The molecule has 0 bridgehead atoms. The molecule has 5 aromatic rings. The van der Waals surface area contributed by atoms with Gasteiger partial charge in [0.05, 0.1) is 40.7 Å². The van der Waals surface area contributed by atoms with Gasteiger partial charge in [-0.1, -0.05) is 11.6 Å². The largest absolute Gasteiger partial charge is 0.504 e. The van der Waals surface area contributed by atoms with Gasteiger partial charge in [-0.25, -0.2) is 9.97 Å². The Balaban J connectivity index is 0.976. The van der Waals surface area contributed by atoms with Gasteiger partial charge in [0, 0.05) is 66.7 Å². The number of piperidine rings is 1. The number of anilines is 2. The molecular weight excluding hydrogens is 817 g/mol. The van der Waals surface area contributed by atoms with Crippen LogP contribution in [0.4, 0.5) is 24.5 Å². The van der Waals surface area contributed by atoms with Crippen LogP contribution in [0.1, 0.15) is 59.2 Å². The van der Waals surface area contributed by atoms with Crippen LogP contribution in [0.2, 0.25) is 5.02 Å². The summed E-state index contributed by atoms with van der Waals surface area (Å²) < 4.78 is 48.5. The molecule has 15 nitrogen and oxygen atoms in total. The minimum Gasteiger partial charge on any atom is -0.504 e. The third-order valence-electron chi connectivity index (χ3n) is 13.5. The minimum absolute atomic E-state index is 0.00235. The molecule has 2 amide bonds. The van der Waals surface area contributed by atoms with Crippen molar-refractivity contribution in [3.63, 3.8) is 0 Å². The summed E-state index contributed by atoms with van der Waals surface area (Å²) in [5.41, 5.74) is 1.27. The van der Waals surface area contributed by atoms with E-state index in [0.717, 1.165) is 63.3 Å². The Labute approximate surface area is 352 Å². The number of piperazine rings is 1. The SMILES string of the molecule is Cc1ncnc(C(=O)N2CC[C@@]3(CCc4c3c(=O)n3nc(-c5ccc(N6CCN(C7(C)COC7)CC6)cc5)nc3n4CC(=O)Nc3ccc(C(F)(F)F)cc3Cl)[C@@H]3C[C@@H]32)c1O. The van der Waals surface area contributed by atoms with Crippen LogP contribution < -0.4 is 15.8 Å². The van der Waals surface area contributed by atoms with Crippen LogP contribution in [-0.2, 0) is 34.1 Å². The van der Waals surface area contributed by atoms with E-state index in [2.05, 4.69) is 32.0 Å². The molecule has 2 aliphatic carbocycles. The van der Waals surface area contributed by atoms with E-state index in [4.69, 9.17) is 26.4 Å². The average molecular weight is 859 g/mol. The summed E-state index contributed by atoms with van der Waals surface area (Å²) in [6, 6.07) is 10.4. The van der Waals surface area contributed by atoms with Crippen molar-refractivity contribution in [1.82, 2.24) is 38.9 Å². The van der Waals surface area contributed by atoms with E-state index < -0.39 is 29.0 Å². The van der Waals surface area contributed by atoms with Crippen molar-refractivity contribution in [3.05, 3.63) is 92.4 Å². The molecule has 1 spiro atoms. The maximum Gasteiger partial charge on any atom is 0.416 e. The summed E-state index contributed by atoms with van der Waals surface area (Å²) in [5, 5.41) is 17.7. The maximum absolute atomic E-state index is 14.8. The summed E-state index contributed by atoms with van der Waals surface area (Å²) in [5.74, 6) is -0.893. The first-order valence-corrected chi connectivity index (χ1v) is 20.7. The van der Waals surface area contributed by atoms with Gasteiger partial charge in [0.25, 0.3) is 11.5 Å². The van der Waals surface area contributed by atoms with Crippen molar-refractivity contribution in [2.45, 2.75) is 69.2 Å². The van der Waals surface area contributed by atoms with E-state index in [1.165, 1.54) is 10.8 Å². The number of likely N-dealkylation sites (tertiary alicyclic amines) is 1. The molecule has 0 unspecified atom stereocenters. The van der Waals surface area contributed by atoms with Gasteiger partial charge < -0.3 is 29.5 Å². The second kappa shape index (κ2) is 14.2. The molecule has 3 aromatic heterocycles. The number of rotatable bonds is 7. The van der Waals surface area contributed by atoms with E-state index in [9.17, 15) is 32.7 Å². The number of aromatic hydroxyl groups is 1. The van der Waals surface area contributed by atoms with Gasteiger partial charge in [-0.05, 0) is 87.9 Å². The second-order valence-corrected chi connectivity index (χ2v) is 17.5. The number of amides is 2. The van der Waals surface area contributed by atoms with Crippen molar-refractivity contribution in [1.29, 1.82) is 0 Å². The molecule has 3 aliphatic heterocycles. The first-order chi connectivity index (χ1) is 29.1. The van der Waals surface area contributed by atoms with Crippen LogP contribution >= 0.6 is 11.6 Å². The van der Waals surface area contributed by atoms with Gasteiger partial charge in [0.15, 0.2) is 17.3 Å². The molecule has 318 valence electrons. The highest BCUT2D eigenvalue weighted by Gasteiger charge is 2.63. The lowest BCUT2D eigenvalue weighted by Gasteiger charge is -2.50. The number of alkyl halides is 3. The predicted molar refractivity (Wildman–Crippen MR) is 217 cm³/mol. The summed E-state index contributed by atoms with van der Waals surface area (Å²) in [7, 11) is 0. The summed E-state index contributed by atoms with van der Waals surface area (Å²) in [4.78, 5) is 61.7. The molecule has 10 rings (SSSR count). The molecule has 0 radical (unpaired) electrons. The van der Waals surface area contributed by atoms with Crippen molar-refractivity contribution < 1.29 is 32.6 Å². The Kier molecular flexibility index (Phi) is 9.23. The Morgan fingerprint density at radius 3 is 2.48 bits per heavy atom. The van der Waals surface area contributed by atoms with Crippen molar-refractivity contribution in [2.75, 3.05) is 56.2 Å². The summed E-state index contributed by atoms with van der Waals surface area (Å²) >= 11 is 6.22. The van der Waals surface area contributed by atoms with Crippen LogP contribution in [-0.4, -0.2) is 113 Å². The number of benzene rings is 2. The Morgan fingerprint density at radius 2 is 1.79 bits per heavy atom. The van der Waals surface area contributed by atoms with E-state index in [-0.39, 0.29) is 63.4 Å². The molecule has 61 heavy (non-hydrogen) atoms. The van der Waals surface area contributed by atoms with E-state index >= 15 is 0 Å². The zero-order chi connectivity index (χ0) is 42.6. The lowest BCUT2D eigenvalue weighted by molar-refractivity contribution is -0.137. The monoisotopic (exact) mass is 858 g/mol. The number of nitrogens with one attached hydrogen (secondary N) is 1. The van der Waals surface area contributed by atoms with Gasteiger partial charge in [-0.15, -0.1) is 5.10 Å². The summed E-state index contributed by atoms with van der Waals surface area (Å²) in [6.45, 7) is 8.88. The van der Waals surface area contributed by atoms with Crippen LogP contribution in [0.3, 0.4) is 0 Å². The second-order valence-electron chi connectivity index (χ2n) is 17.1. The molecule has 3 saturated heterocycles. The van der Waals surface area contributed by atoms with Gasteiger partial charge in [0.2, 0.25) is 11.7 Å². The van der Waals surface area contributed by atoms with Crippen molar-refractivity contribution in [3.8, 4) is 17.1 Å². The number of ether oxygens (including phenoxy) is 1. The van der Waals surface area contributed by atoms with Crippen molar-refractivity contribution >= 4 is 40.6 Å². The molecule has 5 aliphatic rings. The highest BCUT2D eigenvalue weighted by Crippen LogP contribution is 2.60. The molecule has 2 N–H and O–H groups in total. The molecule has 2 aromatic carbocycles. The number of nitrogens with zero attached hydrogens (tertiary/aromatic N) is 9. The number of hydrogen-bond donors (Lipinski definition) is 2.